The molecule has 1 aliphatic rings. The summed E-state index contributed by atoms with van der Waals surface area (Å²) in [4.78, 5) is 38.2. The maximum atomic E-state index is 12.6. The van der Waals surface area contributed by atoms with Gasteiger partial charge in [-0.05, 0) is 25.3 Å². The molecule has 8 N–H and O–H groups in total. The average Bonchev–Trinajstić information content (AvgIpc) is 2.83. The van der Waals surface area contributed by atoms with Crippen LogP contribution in [0.1, 0.15) is 30.9 Å². The number of hydrogen-bond acceptors (Lipinski definition) is 8. The molecule has 0 saturated carbocycles. The van der Waals surface area contributed by atoms with Crippen LogP contribution in [0.25, 0.3) is 0 Å². The van der Waals surface area contributed by atoms with E-state index in [9.17, 15) is 24.6 Å². The molecular weight excluding hydrogens is 444 g/mol. The summed E-state index contributed by atoms with van der Waals surface area (Å²) in [6.45, 7) is 2.27. The molecule has 1 saturated heterocycles. The van der Waals surface area contributed by atoms with Crippen molar-refractivity contribution in [3.05, 3.63) is 35.4 Å². The molecule has 1 fully saturated rings. The normalized spacial score (nSPS) is 15.8. The van der Waals surface area contributed by atoms with E-state index < -0.39 is 24.7 Å². The van der Waals surface area contributed by atoms with E-state index in [1.807, 2.05) is 0 Å². The van der Waals surface area contributed by atoms with Crippen molar-refractivity contribution in [1.29, 1.82) is 5.41 Å². The Balaban J connectivity index is 1.79. The van der Waals surface area contributed by atoms with Crippen LogP contribution in [0.15, 0.2) is 24.3 Å². The maximum absolute atomic E-state index is 12.6. The van der Waals surface area contributed by atoms with Crippen LogP contribution < -0.4 is 21.7 Å². The number of piperidine rings is 1. The smallest absolute Gasteiger partial charge is 0.409 e. The molecule has 34 heavy (non-hydrogen) atoms. The third kappa shape index (κ3) is 8.28. The van der Waals surface area contributed by atoms with Crippen molar-refractivity contribution in [2.75, 3.05) is 32.8 Å². The predicted molar refractivity (Wildman–Crippen MR) is 124 cm³/mol. The van der Waals surface area contributed by atoms with Crippen LogP contribution in [0, 0.1) is 5.41 Å². The molecule has 0 aliphatic carbocycles. The van der Waals surface area contributed by atoms with E-state index in [2.05, 4.69) is 16.0 Å². The number of carbonyl (C=O) groups is 3. The number of amides is 3. The number of nitrogens with zero attached hydrogens (tertiary/aromatic N) is 1. The van der Waals surface area contributed by atoms with Crippen molar-refractivity contribution in [3.8, 4) is 0 Å². The number of nitrogens with one attached hydrogen (secondary N) is 4. The first-order chi connectivity index (χ1) is 16.2. The van der Waals surface area contributed by atoms with Gasteiger partial charge >= 0.3 is 6.09 Å². The number of aliphatic hydroxyl groups is 2. The zero-order valence-corrected chi connectivity index (χ0v) is 19.3. The highest BCUT2D eigenvalue weighted by Crippen LogP contribution is 2.11. The van der Waals surface area contributed by atoms with E-state index in [-0.39, 0.29) is 37.0 Å². The SMILES string of the molecule is CCOC(=O)N1CCC(NC(=O)CNC(=O)C(NCc2ccc(C(=N)N)cc2)C(O)CO)CC1. The molecule has 188 valence electrons. The number of likely N-dealkylation sites (tertiary alicyclic amines) is 1. The molecule has 1 aromatic rings. The first-order valence-electron chi connectivity index (χ1n) is 11.2. The Bertz CT molecular complexity index is 841. The standard InChI is InChI=1S/C22H34N6O6/c1-2-34-22(33)28-9-7-16(8-10-28)27-18(31)12-26-21(32)19(17(30)13-29)25-11-14-3-5-15(6-4-14)20(23)24/h3-6,16-17,19,25,29-30H,2,7-13H2,1H3,(H3,23,24)(H,26,32)(H,27,31). The van der Waals surface area contributed by atoms with Gasteiger partial charge in [0.2, 0.25) is 11.8 Å². The number of rotatable bonds is 11. The van der Waals surface area contributed by atoms with E-state index in [0.717, 1.165) is 5.56 Å². The van der Waals surface area contributed by atoms with Gasteiger partial charge in [0.1, 0.15) is 18.0 Å². The molecule has 2 unspecified atom stereocenters. The lowest BCUT2D eigenvalue weighted by Gasteiger charge is -2.31. The number of aliphatic hydroxyl groups excluding tert-OH is 2. The third-order valence-corrected chi connectivity index (χ3v) is 5.45. The number of nitrogen functional groups attached to an aromatic ring is 1. The number of amidine groups is 1. The van der Waals surface area contributed by atoms with Crippen molar-refractivity contribution in [3.63, 3.8) is 0 Å². The highest BCUT2D eigenvalue weighted by Gasteiger charge is 2.27. The summed E-state index contributed by atoms with van der Waals surface area (Å²) in [6, 6.07) is 5.52. The monoisotopic (exact) mass is 478 g/mol. The Labute approximate surface area is 198 Å². The third-order valence-electron chi connectivity index (χ3n) is 5.45. The minimum Gasteiger partial charge on any atom is -0.450 e. The van der Waals surface area contributed by atoms with Crippen molar-refractivity contribution >= 4 is 23.7 Å². The lowest BCUT2D eigenvalue weighted by Crippen LogP contribution is -2.54. The van der Waals surface area contributed by atoms with Crippen molar-refractivity contribution < 1.29 is 29.3 Å². The zero-order chi connectivity index (χ0) is 25.1. The Hall–Kier alpha value is -3.22. The highest BCUT2D eigenvalue weighted by molar-refractivity contribution is 5.94. The molecule has 1 aliphatic heterocycles. The Morgan fingerprint density at radius 3 is 2.44 bits per heavy atom. The largest absolute Gasteiger partial charge is 0.450 e. The summed E-state index contributed by atoms with van der Waals surface area (Å²) >= 11 is 0. The van der Waals surface area contributed by atoms with E-state index in [4.69, 9.17) is 15.9 Å². The average molecular weight is 479 g/mol. The Morgan fingerprint density at radius 1 is 1.24 bits per heavy atom. The summed E-state index contributed by atoms with van der Waals surface area (Å²) in [7, 11) is 0. The van der Waals surface area contributed by atoms with E-state index in [0.29, 0.717) is 38.1 Å². The molecule has 0 bridgehead atoms. The van der Waals surface area contributed by atoms with Gasteiger partial charge in [-0.3, -0.25) is 20.3 Å². The van der Waals surface area contributed by atoms with Crippen LogP contribution in [0.2, 0.25) is 0 Å². The van der Waals surface area contributed by atoms with Crippen LogP contribution in [0.5, 0.6) is 0 Å². The van der Waals surface area contributed by atoms with Gasteiger partial charge in [0, 0.05) is 31.2 Å². The van der Waals surface area contributed by atoms with Gasteiger partial charge in [0.15, 0.2) is 0 Å². The van der Waals surface area contributed by atoms with Crippen LogP contribution >= 0.6 is 0 Å². The van der Waals surface area contributed by atoms with Gasteiger partial charge in [0.05, 0.1) is 19.8 Å². The van der Waals surface area contributed by atoms with Gasteiger partial charge in [-0.25, -0.2) is 4.79 Å². The van der Waals surface area contributed by atoms with E-state index >= 15 is 0 Å². The number of benzene rings is 1. The fraction of sp³-hybridized carbons (Fsp3) is 0.545. The van der Waals surface area contributed by atoms with Gasteiger partial charge in [-0.2, -0.15) is 0 Å². The second-order valence-corrected chi connectivity index (χ2v) is 7.96. The van der Waals surface area contributed by atoms with Crippen molar-refractivity contribution in [2.24, 2.45) is 5.73 Å². The van der Waals surface area contributed by atoms with Crippen LogP contribution in [-0.4, -0.2) is 89.9 Å². The minimum absolute atomic E-state index is 0.0599. The minimum atomic E-state index is -1.37. The second kappa shape index (κ2) is 13.5. The fourth-order valence-electron chi connectivity index (χ4n) is 3.52. The quantitative estimate of drug-likeness (QED) is 0.150. The molecule has 12 heteroatoms. The van der Waals surface area contributed by atoms with Crippen molar-refractivity contribution in [2.45, 2.75) is 44.5 Å². The molecule has 1 heterocycles. The molecule has 2 rings (SSSR count). The van der Waals surface area contributed by atoms with Gasteiger partial charge in [-0.15, -0.1) is 0 Å². The Kier molecular flexibility index (Phi) is 10.7. The maximum Gasteiger partial charge on any atom is 0.409 e. The van der Waals surface area contributed by atoms with Crippen LogP contribution in [0.4, 0.5) is 4.79 Å². The molecule has 2 atom stereocenters. The number of hydrogen-bond donors (Lipinski definition) is 7. The van der Waals surface area contributed by atoms with Crippen LogP contribution in [-0.2, 0) is 20.9 Å². The second-order valence-electron chi connectivity index (χ2n) is 7.96. The number of nitrogens with two attached hydrogens (primary N) is 1. The van der Waals surface area contributed by atoms with Gasteiger partial charge in [0.25, 0.3) is 0 Å². The summed E-state index contributed by atoms with van der Waals surface area (Å²) in [5, 5.41) is 35.0. The lowest BCUT2D eigenvalue weighted by molar-refractivity contribution is -0.130. The molecular formula is C22H34N6O6. The molecule has 3 amide bonds. The van der Waals surface area contributed by atoms with E-state index in [1.165, 1.54) is 0 Å². The zero-order valence-electron chi connectivity index (χ0n) is 19.3. The summed E-state index contributed by atoms with van der Waals surface area (Å²) in [5.74, 6) is -1.08. The fourth-order valence-corrected chi connectivity index (χ4v) is 3.52. The van der Waals surface area contributed by atoms with Crippen LogP contribution in [0.3, 0.4) is 0 Å². The molecule has 1 aromatic carbocycles. The predicted octanol–water partition coefficient (Wildman–Crippen LogP) is -1.36. The summed E-state index contributed by atoms with van der Waals surface area (Å²) in [6.07, 6.45) is -0.579. The van der Waals surface area contributed by atoms with E-state index in [1.54, 1.807) is 36.1 Å². The molecule has 0 radical (unpaired) electrons. The lowest BCUT2D eigenvalue weighted by atomic mass is 10.1. The highest BCUT2D eigenvalue weighted by atomic mass is 16.6. The molecule has 0 spiro atoms. The number of carbonyl (C=O) groups excluding carboxylic acids is 3. The van der Waals surface area contributed by atoms with Gasteiger partial charge < -0.3 is 36.2 Å². The first-order valence-corrected chi connectivity index (χ1v) is 11.2. The van der Waals surface area contributed by atoms with Gasteiger partial charge in [-0.1, -0.05) is 24.3 Å². The first kappa shape index (κ1) is 27.0. The molecule has 0 aromatic heterocycles. The number of ether oxygens (including phenoxy) is 1. The molecule has 12 nitrogen and oxygen atoms in total. The summed E-state index contributed by atoms with van der Waals surface area (Å²) in [5.41, 5.74) is 6.77. The van der Waals surface area contributed by atoms with Crippen molar-refractivity contribution in [1.82, 2.24) is 20.9 Å². The topological polar surface area (TPSA) is 190 Å². The summed E-state index contributed by atoms with van der Waals surface area (Å²) < 4.78 is 4.97. The Morgan fingerprint density at radius 2 is 1.88 bits per heavy atom.